The molecular formula is C21H31N7O4. The highest BCUT2D eigenvalue weighted by Gasteiger charge is 2.29. The van der Waals surface area contributed by atoms with Gasteiger partial charge in [-0.25, -0.2) is 15.0 Å². The minimum atomic E-state index is -0.353. The first kappa shape index (κ1) is 23.6. The number of ether oxygens (including phenoxy) is 1. The number of anilines is 2. The lowest BCUT2D eigenvalue weighted by Crippen LogP contribution is -2.49. The van der Waals surface area contributed by atoms with E-state index in [0.717, 1.165) is 12.8 Å². The molecule has 0 radical (unpaired) electrons. The van der Waals surface area contributed by atoms with E-state index >= 15 is 0 Å². The van der Waals surface area contributed by atoms with Gasteiger partial charge in [0.25, 0.3) is 5.56 Å². The molecule has 11 heteroatoms. The summed E-state index contributed by atoms with van der Waals surface area (Å²) in [6.45, 7) is 6.28. The first-order chi connectivity index (χ1) is 15.4. The SMILES string of the molecule is CC(C)N(C(=O)CO)C1CCC1.Nc1ncc(-c2cc(=O)[nH]c(N3CCOCC3)n2)cn1. The van der Waals surface area contributed by atoms with Gasteiger partial charge in [0.2, 0.25) is 17.8 Å². The summed E-state index contributed by atoms with van der Waals surface area (Å²) in [5.41, 5.74) is 6.41. The van der Waals surface area contributed by atoms with Gasteiger partial charge < -0.3 is 25.4 Å². The van der Waals surface area contributed by atoms with Gasteiger partial charge in [-0.2, -0.15) is 0 Å². The number of carbonyl (C=O) groups excluding carboxylic acids is 1. The molecule has 0 atom stereocenters. The summed E-state index contributed by atoms with van der Waals surface area (Å²) < 4.78 is 5.28. The van der Waals surface area contributed by atoms with Crippen LogP contribution in [0.3, 0.4) is 0 Å². The van der Waals surface area contributed by atoms with Gasteiger partial charge in [0.15, 0.2) is 0 Å². The number of aromatic nitrogens is 4. The summed E-state index contributed by atoms with van der Waals surface area (Å²) in [4.78, 5) is 41.8. The number of aliphatic hydroxyl groups is 1. The zero-order valence-electron chi connectivity index (χ0n) is 18.5. The van der Waals surface area contributed by atoms with Crippen molar-refractivity contribution in [2.45, 2.75) is 45.2 Å². The molecule has 1 saturated heterocycles. The molecule has 174 valence electrons. The third-order valence-electron chi connectivity index (χ3n) is 5.46. The van der Waals surface area contributed by atoms with Crippen LogP contribution in [0.25, 0.3) is 11.3 Å². The molecule has 0 unspecified atom stereocenters. The van der Waals surface area contributed by atoms with Crippen molar-refractivity contribution in [3.63, 3.8) is 0 Å². The van der Waals surface area contributed by atoms with Crippen LogP contribution in [0.2, 0.25) is 0 Å². The van der Waals surface area contributed by atoms with E-state index in [9.17, 15) is 9.59 Å². The third kappa shape index (κ3) is 6.01. The van der Waals surface area contributed by atoms with Gasteiger partial charge in [-0.05, 0) is 33.1 Å². The molecule has 2 aromatic rings. The lowest BCUT2D eigenvalue weighted by atomic mass is 9.90. The van der Waals surface area contributed by atoms with Gasteiger partial charge in [-0.3, -0.25) is 14.6 Å². The zero-order chi connectivity index (χ0) is 23.1. The summed E-state index contributed by atoms with van der Waals surface area (Å²) in [7, 11) is 0. The van der Waals surface area contributed by atoms with Crippen molar-refractivity contribution in [3.8, 4) is 11.3 Å². The number of rotatable bonds is 5. The fourth-order valence-corrected chi connectivity index (χ4v) is 3.65. The van der Waals surface area contributed by atoms with Crippen LogP contribution in [0.5, 0.6) is 0 Å². The van der Waals surface area contributed by atoms with Crippen LogP contribution in [0.4, 0.5) is 11.9 Å². The molecule has 1 amide bonds. The molecule has 0 bridgehead atoms. The molecule has 0 spiro atoms. The maximum absolute atomic E-state index is 11.8. The van der Waals surface area contributed by atoms with Gasteiger partial charge in [0, 0.05) is 49.2 Å². The Kier molecular flexibility index (Phi) is 8.12. The van der Waals surface area contributed by atoms with Crippen LogP contribution in [0.1, 0.15) is 33.1 Å². The van der Waals surface area contributed by atoms with Crippen molar-refractivity contribution in [3.05, 3.63) is 28.8 Å². The summed E-state index contributed by atoms with van der Waals surface area (Å²) in [6, 6.07) is 2.03. The first-order valence-corrected chi connectivity index (χ1v) is 10.8. The van der Waals surface area contributed by atoms with Crippen molar-refractivity contribution >= 4 is 17.8 Å². The number of nitrogens with zero attached hydrogens (tertiary/aromatic N) is 5. The second-order valence-corrected chi connectivity index (χ2v) is 8.02. The van der Waals surface area contributed by atoms with E-state index in [0.29, 0.717) is 49.6 Å². The van der Waals surface area contributed by atoms with Crippen LogP contribution < -0.4 is 16.2 Å². The van der Waals surface area contributed by atoms with E-state index in [2.05, 4.69) is 19.9 Å². The number of aromatic amines is 1. The van der Waals surface area contributed by atoms with Gasteiger partial charge in [0.05, 0.1) is 18.9 Å². The number of amides is 1. The molecule has 0 aromatic carbocycles. The summed E-state index contributed by atoms with van der Waals surface area (Å²) in [5, 5.41) is 8.73. The van der Waals surface area contributed by atoms with Gasteiger partial charge >= 0.3 is 0 Å². The smallest absolute Gasteiger partial charge is 0.252 e. The highest BCUT2D eigenvalue weighted by atomic mass is 16.5. The number of hydrogen-bond acceptors (Lipinski definition) is 9. The number of hydrogen-bond donors (Lipinski definition) is 3. The molecule has 32 heavy (non-hydrogen) atoms. The van der Waals surface area contributed by atoms with Crippen molar-refractivity contribution in [2.24, 2.45) is 0 Å². The second kappa shape index (κ2) is 11.0. The third-order valence-corrected chi connectivity index (χ3v) is 5.46. The minimum Gasteiger partial charge on any atom is -0.387 e. The second-order valence-electron chi connectivity index (χ2n) is 8.02. The minimum absolute atomic E-state index is 0.130. The van der Waals surface area contributed by atoms with Crippen LogP contribution in [0, 0.1) is 0 Å². The molecule has 4 rings (SSSR count). The number of nitrogens with one attached hydrogen (secondary N) is 1. The maximum atomic E-state index is 11.8. The topological polar surface area (TPSA) is 151 Å². The lowest BCUT2D eigenvalue weighted by molar-refractivity contribution is -0.140. The molecular weight excluding hydrogens is 414 g/mol. The monoisotopic (exact) mass is 445 g/mol. The first-order valence-electron chi connectivity index (χ1n) is 10.8. The van der Waals surface area contributed by atoms with E-state index in [1.165, 1.54) is 12.5 Å². The Balaban J connectivity index is 0.000000207. The summed E-state index contributed by atoms with van der Waals surface area (Å²) in [6.07, 6.45) is 6.51. The summed E-state index contributed by atoms with van der Waals surface area (Å²) >= 11 is 0. The normalized spacial score (nSPS) is 16.2. The maximum Gasteiger partial charge on any atom is 0.252 e. The summed E-state index contributed by atoms with van der Waals surface area (Å²) in [5.74, 6) is 0.592. The average Bonchev–Trinajstić information content (AvgIpc) is 2.76. The van der Waals surface area contributed by atoms with Crippen LogP contribution in [0.15, 0.2) is 23.3 Å². The van der Waals surface area contributed by atoms with Crippen molar-refractivity contribution in [1.82, 2.24) is 24.8 Å². The van der Waals surface area contributed by atoms with E-state index in [-0.39, 0.29) is 30.1 Å². The Morgan fingerprint density at radius 1 is 1.31 bits per heavy atom. The molecule has 2 aliphatic rings. The number of nitrogen functional groups attached to an aromatic ring is 1. The standard InChI is InChI=1S/C12H14N6O2.C9H17NO2/c13-11-14-6-8(7-15-11)9-5-10(19)17-12(16-9)18-1-3-20-4-2-18;1-7(2)10(9(12)6-11)8-4-3-5-8/h5-7H,1-4H2,(H2,13,14,15)(H,16,17,19);7-8,11H,3-6H2,1-2H3. The fourth-order valence-electron chi connectivity index (χ4n) is 3.65. The molecule has 4 N–H and O–H groups in total. The lowest BCUT2D eigenvalue weighted by Gasteiger charge is -2.40. The zero-order valence-corrected chi connectivity index (χ0v) is 18.5. The number of aliphatic hydroxyl groups excluding tert-OH is 1. The van der Waals surface area contributed by atoms with Gasteiger partial charge in [-0.1, -0.05) is 0 Å². The average molecular weight is 446 g/mol. The van der Waals surface area contributed by atoms with E-state index in [1.54, 1.807) is 12.4 Å². The number of nitrogens with two attached hydrogens (primary N) is 1. The molecule has 1 aliphatic carbocycles. The van der Waals surface area contributed by atoms with Crippen molar-refractivity contribution in [2.75, 3.05) is 43.5 Å². The number of H-pyrrole nitrogens is 1. The Morgan fingerprint density at radius 2 is 1.97 bits per heavy atom. The van der Waals surface area contributed by atoms with E-state index in [1.807, 2.05) is 23.6 Å². The van der Waals surface area contributed by atoms with Gasteiger partial charge in [0.1, 0.15) is 6.61 Å². The Labute approximate surface area is 186 Å². The Hall–Kier alpha value is -3.05. The Bertz CT molecular complexity index is 938. The van der Waals surface area contributed by atoms with Crippen molar-refractivity contribution in [1.29, 1.82) is 0 Å². The highest BCUT2D eigenvalue weighted by molar-refractivity contribution is 5.77. The molecule has 2 aromatic heterocycles. The largest absolute Gasteiger partial charge is 0.387 e. The fraction of sp³-hybridized carbons (Fsp3) is 0.571. The number of carbonyl (C=O) groups is 1. The molecule has 1 saturated carbocycles. The predicted octanol–water partition coefficient (Wildman–Crippen LogP) is 0.414. The molecule has 2 fully saturated rings. The number of morpholine rings is 1. The molecule has 3 heterocycles. The highest BCUT2D eigenvalue weighted by Crippen LogP contribution is 2.26. The molecule has 1 aliphatic heterocycles. The Morgan fingerprint density at radius 3 is 2.50 bits per heavy atom. The predicted molar refractivity (Wildman–Crippen MR) is 120 cm³/mol. The van der Waals surface area contributed by atoms with Crippen LogP contribution >= 0.6 is 0 Å². The van der Waals surface area contributed by atoms with Crippen LogP contribution in [-0.4, -0.2) is 80.8 Å². The van der Waals surface area contributed by atoms with E-state index < -0.39 is 0 Å². The van der Waals surface area contributed by atoms with Crippen LogP contribution in [-0.2, 0) is 9.53 Å². The molecule has 11 nitrogen and oxygen atoms in total. The quantitative estimate of drug-likeness (QED) is 0.594. The van der Waals surface area contributed by atoms with E-state index in [4.69, 9.17) is 15.6 Å². The van der Waals surface area contributed by atoms with Gasteiger partial charge in [-0.15, -0.1) is 0 Å². The van der Waals surface area contributed by atoms with Crippen molar-refractivity contribution < 1.29 is 14.6 Å².